The van der Waals surface area contributed by atoms with Crippen LogP contribution in [0.3, 0.4) is 0 Å². The average molecular weight is 1530 g/mol. The fraction of sp³-hybridized carbons (Fsp3) is 0.514. The summed E-state index contributed by atoms with van der Waals surface area (Å²) in [4.78, 5) is 66.2. The number of amides is 3. The zero-order chi connectivity index (χ0) is 66.0. The van der Waals surface area contributed by atoms with Crippen molar-refractivity contribution in [3.63, 3.8) is 0 Å². The van der Waals surface area contributed by atoms with Gasteiger partial charge in [0.05, 0.1) is 72.0 Å². The van der Waals surface area contributed by atoms with E-state index in [2.05, 4.69) is 165 Å². The molecule has 2 unspecified atom stereocenters. The minimum absolute atomic E-state index is 0.0270. The van der Waals surface area contributed by atoms with Gasteiger partial charge in [-0.25, -0.2) is 9.78 Å². The molecule has 15 nitrogen and oxygen atoms in total. The van der Waals surface area contributed by atoms with E-state index in [-0.39, 0.29) is 58.9 Å². The Labute approximate surface area is 583 Å². The molecule has 3 aliphatic heterocycles. The molecule has 7 fully saturated rings. The Morgan fingerprint density at radius 2 is 0.968 bits per heavy atom. The van der Waals surface area contributed by atoms with Gasteiger partial charge in [-0.1, -0.05) is 136 Å². The molecule has 4 saturated carbocycles. The van der Waals surface area contributed by atoms with Crippen molar-refractivity contribution < 1.29 is 38.4 Å². The Morgan fingerprint density at radius 1 is 0.538 bits per heavy atom. The van der Waals surface area contributed by atoms with Crippen LogP contribution in [-0.4, -0.2) is 135 Å². The lowest BCUT2D eigenvalue weighted by Gasteiger charge is -2.32. The number of hydrogen-bond donors (Lipinski definition) is 4. The normalized spacial score (nSPS) is 21.9. The Morgan fingerprint density at radius 3 is 1.42 bits per heavy atom. The van der Waals surface area contributed by atoms with Crippen molar-refractivity contribution in [2.75, 3.05) is 49.1 Å². The molecule has 7 aliphatic rings. The number of carbonyl (C=O) groups is 4. The number of methoxy groups -OCH3 is 2. The summed E-state index contributed by atoms with van der Waals surface area (Å²) in [5.74, 6) is 1.86. The van der Waals surface area contributed by atoms with Crippen LogP contribution >= 0.6 is 63.7 Å². The van der Waals surface area contributed by atoms with Gasteiger partial charge in [0.2, 0.25) is 17.7 Å². The lowest BCUT2D eigenvalue weighted by atomic mass is 9.84. The maximum absolute atomic E-state index is 12.7. The number of fused-ring (bicyclic) bond motifs is 2. The van der Waals surface area contributed by atoms with Crippen molar-refractivity contribution in [2.45, 2.75) is 189 Å². The van der Waals surface area contributed by atoms with Crippen LogP contribution in [0.2, 0.25) is 0 Å². The molecule has 4 N–H and O–H groups in total. The number of nitrogens with zero attached hydrogens (tertiary/aromatic N) is 3. The van der Waals surface area contributed by atoms with Crippen molar-refractivity contribution in [1.29, 1.82) is 0 Å². The summed E-state index contributed by atoms with van der Waals surface area (Å²) < 4.78 is 14.4. The molecule has 500 valence electrons. The highest BCUT2D eigenvalue weighted by Gasteiger charge is 2.53. The van der Waals surface area contributed by atoms with Gasteiger partial charge in [-0.2, -0.15) is 0 Å². The number of benzene rings is 6. The largest absolute Gasteiger partial charge is 0.494 e. The fourth-order valence-corrected chi connectivity index (χ4v) is 18.4. The second-order valence-corrected chi connectivity index (χ2v) is 30.1. The van der Waals surface area contributed by atoms with Gasteiger partial charge < -0.3 is 24.2 Å². The van der Waals surface area contributed by atoms with Crippen molar-refractivity contribution in [1.82, 2.24) is 36.0 Å². The van der Waals surface area contributed by atoms with Gasteiger partial charge in [-0.3, -0.25) is 40.4 Å². The Bertz CT molecular complexity index is 3540. The summed E-state index contributed by atoms with van der Waals surface area (Å²) in [5, 5.41) is 19.1. The summed E-state index contributed by atoms with van der Waals surface area (Å²) >= 11 is 14.2. The third kappa shape index (κ3) is 16.6. The molecular formula is C74H93Br4N7O8. The van der Waals surface area contributed by atoms with Crippen LogP contribution in [0.25, 0.3) is 21.5 Å². The number of carbonyl (C=O) groups excluding carboxylic acids is 4. The second-order valence-electron chi connectivity index (χ2n) is 26.7. The summed E-state index contributed by atoms with van der Waals surface area (Å²) in [5.41, 5.74) is 5.52. The lowest BCUT2D eigenvalue weighted by molar-refractivity contribution is -0.276. The van der Waals surface area contributed by atoms with Gasteiger partial charge in [-0.05, 0) is 234 Å². The maximum atomic E-state index is 12.7. The molecule has 5 atom stereocenters. The monoisotopic (exact) mass is 1520 g/mol. The van der Waals surface area contributed by atoms with Crippen LogP contribution < -0.4 is 26.0 Å². The Balaban J connectivity index is 0.000000140. The third-order valence-electron chi connectivity index (χ3n) is 20.8. The van der Waals surface area contributed by atoms with E-state index in [0.717, 1.165) is 90.7 Å². The van der Waals surface area contributed by atoms with Gasteiger partial charge in [0.25, 0.3) is 0 Å². The lowest BCUT2D eigenvalue weighted by Crippen LogP contribution is -2.49. The summed E-state index contributed by atoms with van der Waals surface area (Å²) in [6.45, 7) is 2.37. The number of hydrogen-bond acceptors (Lipinski definition) is 12. The van der Waals surface area contributed by atoms with Crippen molar-refractivity contribution >= 4 is 109 Å². The highest BCUT2D eigenvalue weighted by Crippen LogP contribution is 2.42. The molecule has 3 spiro atoms. The van der Waals surface area contributed by atoms with E-state index in [1.165, 1.54) is 112 Å². The van der Waals surface area contributed by atoms with Crippen LogP contribution in [-0.2, 0) is 59.4 Å². The van der Waals surface area contributed by atoms with E-state index >= 15 is 0 Å². The summed E-state index contributed by atoms with van der Waals surface area (Å²) in [7, 11) is 10.4. The van der Waals surface area contributed by atoms with Crippen LogP contribution in [0.4, 0.5) is 0 Å². The smallest absolute Gasteiger partial charge is 0.323 e. The number of likely N-dealkylation sites (N-methyl/N-ethyl adjacent to an activating group) is 3. The molecule has 3 saturated heterocycles. The van der Waals surface area contributed by atoms with Gasteiger partial charge in [-0.15, -0.1) is 0 Å². The Hall–Kier alpha value is -4.80. The quantitative estimate of drug-likeness (QED) is 0.0413. The number of halogens is 4. The first-order valence-corrected chi connectivity index (χ1v) is 36.5. The molecule has 3 heterocycles. The molecule has 3 amide bonds. The van der Waals surface area contributed by atoms with Crippen LogP contribution in [0.5, 0.6) is 5.75 Å². The number of ether oxygens (including phenoxy) is 2. The first-order valence-electron chi connectivity index (χ1n) is 33.4. The van der Waals surface area contributed by atoms with E-state index in [1.807, 2.05) is 72.2 Å². The Kier molecular flexibility index (Phi) is 24.5. The average Bonchev–Trinajstić information content (AvgIpc) is 1.65. The van der Waals surface area contributed by atoms with Crippen LogP contribution in [0.1, 0.15) is 137 Å². The fourth-order valence-electron chi connectivity index (χ4n) is 15.5. The topological polar surface area (TPSA) is 163 Å². The molecule has 0 aromatic heterocycles. The summed E-state index contributed by atoms with van der Waals surface area (Å²) in [6, 6.07) is 36.6. The van der Waals surface area contributed by atoms with Gasteiger partial charge >= 0.3 is 5.97 Å². The molecule has 0 radical (unpaired) electrons. The number of rotatable bonds is 16. The highest BCUT2D eigenvalue weighted by molar-refractivity contribution is 9.11. The minimum atomic E-state index is -0.512. The predicted octanol–water partition coefficient (Wildman–Crippen LogP) is 14.3. The second kappa shape index (κ2) is 32.0. The van der Waals surface area contributed by atoms with Gasteiger partial charge in [0, 0.05) is 36.1 Å². The van der Waals surface area contributed by atoms with Gasteiger partial charge in [0.1, 0.15) is 11.8 Å². The van der Waals surface area contributed by atoms with E-state index in [0.29, 0.717) is 37.7 Å². The zero-order valence-corrected chi connectivity index (χ0v) is 61.4. The predicted molar refractivity (Wildman–Crippen MR) is 383 cm³/mol. The van der Waals surface area contributed by atoms with Crippen molar-refractivity contribution in [2.24, 2.45) is 5.92 Å². The minimum Gasteiger partial charge on any atom is -0.494 e. The van der Waals surface area contributed by atoms with Crippen molar-refractivity contribution in [3.8, 4) is 5.75 Å². The van der Waals surface area contributed by atoms with E-state index in [1.54, 1.807) is 7.11 Å². The zero-order valence-electron chi connectivity index (χ0n) is 55.0. The molecule has 19 heteroatoms. The first-order chi connectivity index (χ1) is 44.8. The number of nitrogens with one attached hydrogen (secondary N) is 4. The molecule has 6 aromatic carbocycles. The third-order valence-corrected chi connectivity index (χ3v) is 23.7. The number of esters is 1. The maximum Gasteiger partial charge on any atom is 0.323 e. The molecular weight excluding hydrogens is 1430 g/mol. The molecule has 93 heavy (non-hydrogen) atoms. The molecule has 6 aromatic rings. The van der Waals surface area contributed by atoms with E-state index < -0.39 is 6.04 Å². The molecule has 4 aliphatic carbocycles. The molecule has 13 rings (SSSR count). The van der Waals surface area contributed by atoms with Crippen LogP contribution in [0.15, 0.2) is 127 Å². The van der Waals surface area contributed by atoms with E-state index in [4.69, 9.17) is 19.2 Å². The first kappa shape index (κ1) is 71.0. The van der Waals surface area contributed by atoms with Crippen molar-refractivity contribution in [3.05, 3.63) is 155 Å². The standard InChI is InChI=1S/C28H29NO4.C16H20Br2N2O2.C16H20Br2N2O.C14H24N2O/c1-31-28(30)27(18-21-12-14-23-8-4-6-10-25(23)16-21)29-26(19-33-32-2)17-20-11-13-22-7-3-5-9-24(22)15-20;1-20-15(21)13(19-16(20)5-3-4-6-16)9-10-7-11(17)14(22-2)12(18)8-10;1-10-12(17)7-11(8-13(10)18)9-14-15(21)20(2)16(19-14)5-3-4-6-16;1-16-13(17)12(11-7-3-2-4-8-11)15-14(16)9-5-6-10-14/h3-16,26-27,29H,17-19H2,1-2H3;7-8,13,19H,3-6,9H2,1-2H3;7-8,14,19H,3-6,9H2,1-2H3;11-12,15H,2-10H2,1H3/t;13-;14-;12-/m.000/s1. The highest BCUT2D eigenvalue weighted by atomic mass is 79.9. The SMILES string of the molecule is CN1C(=O)[C@H](C2CCCCC2)NC12CCCC2.COOCC(Cc1ccc2ccccc2c1)NC(Cc1ccc2ccccc2c1)C(=O)OC.COc1c(Br)cc(C[C@@H]2NC3(CCCC3)N(C)C2=O)cc1Br.Cc1c(Br)cc(C[C@@H]2NC3(CCCC3)N(C)C2=O)cc1Br. The van der Waals surface area contributed by atoms with Crippen LogP contribution in [0, 0.1) is 12.8 Å². The summed E-state index contributed by atoms with van der Waals surface area (Å²) in [6.07, 6.45) is 23.0. The van der Waals surface area contributed by atoms with Gasteiger partial charge in [0.15, 0.2) is 0 Å². The van der Waals surface area contributed by atoms with E-state index in [9.17, 15) is 19.2 Å². The molecule has 0 bridgehead atoms.